The van der Waals surface area contributed by atoms with Gasteiger partial charge in [0, 0.05) is 23.8 Å². The van der Waals surface area contributed by atoms with Crippen molar-refractivity contribution in [1.82, 2.24) is 0 Å². The van der Waals surface area contributed by atoms with E-state index in [-0.39, 0.29) is 5.82 Å². The number of hydrogen-bond donors (Lipinski definition) is 1. The molecular weight excluding hydrogens is 295 g/mol. The minimum atomic E-state index is -0.213. The molecule has 2 rings (SSSR count). The molecule has 2 N–H and O–H groups in total. The fraction of sp³-hybridized carbons (Fsp3) is 0.143. The number of nitrogens with two attached hydrogens (primary N) is 1. The molecule has 0 spiro atoms. The summed E-state index contributed by atoms with van der Waals surface area (Å²) in [6.45, 7) is 0.625. The molecular formula is C14H14BrFN2. The number of hydrogen-bond acceptors (Lipinski definition) is 2. The summed E-state index contributed by atoms with van der Waals surface area (Å²) in [5, 5.41) is 0. The second-order valence-electron chi connectivity index (χ2n) is 4.16. The van der Waals surface area contributed by atoms with Crippen LogP contribution in [-0.4, -0.2) is 7.05 Å². The third-order valence-electron chi connectivity index (χ3n) is 2.75. The Morgan fingerprint density at radius 2 is 1.94 bits per heavy atom. The third kappa shape index (κ3) is 2.82. The molecule has 0 atom stereocenters. The van der Waals surface area contributed by atoms with E-state index in [1.54, 1.807) is 12.1 Å². The Kier molecular flexibility index (Phi) is 3.87. The van der Waals surface area contributed by atoms with Gasteiger partial charge in [-0.3, -0.25) is 0 Å². The molecule has 0 aliphatic carbocycles. The van der Waals surface area contributed by atoms with Crippen LogP contribution in [0.5, 0.6) is 0 Å². The van der Waals surface area contributed by atoms with Crippen LogP contribution in [0.25, 0.3) is 0 Å². The molecule has 0 saturated heterocycles. The molecule has 2 aromatic carbocycles. The van der Waals surface area contributed by atoms with E-state index in [0.29, 0.717) is 17.9 Å². The van der Waals surface area contributed by atoms with E-state index in [9.17, 15) is 4.39 Å². The number of halogens is 2. The lowest BCUT2D eigenvalue weighted by atomic mass is 10.2. The minimum absolute atomic E-state index is 0.213. The lowest BCUT2D eigenvalue weighted by Crippen LogP contribution is -2.17. The van der Waals surface area contributed by atoms with E-state index < -0.39 is 0 Å². The van der Waals surface area contributed by atoms with Gasteiger partial charge in [0.15, 0.2) is 0 Å². The molecule has 2 nitrogen and oxygen atoms in total. The Morgan fingerprint density at radius 1 is 1.22 bits per heavy atom. The normalized spacial score (nSPS) is 10.4. The number of rotatable bonds is 3. The van der Waals surface area contributed by atoms with E-state index >= 15 is 0 Å². The van der Waals surface area contributed by atoms with Gasteiger partial charge in [0.05, 0.1) is 5.69 Å². The van der Waals surface area contributed by atoms with Crippen LogP contribution in [0.4, 0.5) is 15.8 Å². The summed E-state index contributed by atoms with van der Waals surface area (Å²) in [6, 6.07) is 12.5. The Bertz CT molecular complexity index is 557. The van der Waals surface area contributed by atoms with Crippen LogP contribution in [-0.2, 0) is 6.54 Å². The first kappa shape index (κ1) is 12.9. The van der Waals surface area contributed by atoms with Crippen LogP contribution < -0.4 is 10.6 Å². The maximum atomic E-state index is 13.6. The first-order chi connectivity index (χ1) is 8.58. The quantitative estimate of drug-likeness (QED) is 0.874. The predicted molar refractivity (Wildman–Crippen MR) is 77.1 cm³/mol. The molecule has 0 aliphatic rings. The van der Waals surface area contributed by atoms with E-state index in [4.69, 9.17) is 5.73 Å². The Morgan fingerprint density at radius 3 is 2.61 bits per heavy atom. The van der Waals surface area contributed by atoms with E-state index in [2.05, 4.69) is 15.9 Å². The Balaban J connectivity index is 2.19. The summed E-state index contributed by atoms with van der Waals surface area (Å²) in [5.41, 5.74) is 8.09. The summed E-state index contributed by atoms with van der Waals surface area (Å²) in [6.07, 6.45) is 0. The van der Waals surface area contributed by atoms with Crippen molar-refractivity contribution in [2.24, 2.45) is 0 Å². The fourth-order valence-corrected chi connectivity index (χ4v) is 2.22. The molecule has 94 valence electrons. The summed E-state index contributed by atoms with van der Waals surface area (Å²) >= 11 is 3.39. The minimum Gasteiger partial charge on any atom is -0.398 e. The van der Waals surface area contributed by atoms with Gasteiger partial charge in [0.2, 0.25) is 0 Å². The van der Waals surface area contributed by atoms with Crippen molar-refractivity contribution in [2.75, 3.05) is 17.7 Å². The van der Waals surface area contributed by atoms with Crippen molar-refractivity contribution in [3.8, 4) is 0 Å². The average Bonchev–Trinajstić information content (AvgIpc) is 2.34. The predicted octanol–water partition coefficient (Wildman–Crippen LogP) is 3.81. The number of nitrogens with zero attached hydrogens (tertiary/aromatic N) is 1. The van der Waals surface area contributed by atoms with Gasteiger partial charge in [-0.15, -0.1) is 0 Å². The highest BCUT2D eigenvalue weighted by Gasteiger charge is 2.07. The zero-order valence-electron chi connectivity index (χ0n) is 10.0. The maximum absolute atomic E-state index is 13.6. The van der Waals surface area contributed by atoms with Crippen molar-refractivity contribution in [2.45, 2.75) is 6.54 Å². The molecule has 0 amide bonds. The summed E-state index contributed by atoms with van der Waals surface area (Å²) in [4.78, 5) is 1.87. The van der Waals surface area contributed by atoms with Gasteiger partial charge in [-0.05, 0) is 45.8 Å². The molecule has 0 saturated carbocycles. The Labute approximate surface area is 114 Å². The van der Waals surface area contributed by atoms with Crippen LogP contribution in [0.2, 0.25) is 0 Å². The van der Waals surface area contributed by atoms with Gasteiger partial charge in [0.1, 0.15) is 5.82 Å². The van der Waals surface area contributed by atoms with Gasteiger partial charge >= 0.3 is 0 Å². The largest absolute Gasteiger partial charge is 0.398 e. The van der Waals surface area contributed by atoms with E-state index in [0.717, 1.165) is 10.0 Å². The Hall–Kier alpha value is -1.55. The lowest BCUT2D eigenvalue weighted by molar-refractivity contribution is 0.622. The highest BCUT2D eigenvalue weighted by molar-refractivity contribution is 9.10. The standard InChI is InChI=1S/C14H14BrFN2/c1-18(14-5-3-2-4-12(14)16)9-10-6-7-13(17)11(15)8-10/h2-8H,9,17H2,1H3. The molecule has 0 unspecified atom stereocenters. The first-order valence-electron chi connectivity index (χ1n) is 5.57. The second-order valence-corrected chi connectivity index (χ2v) is 5.02. The molecule has 0 radical (unpaired) electrons. The van der Waals surface area contributed by atoms with E-state index in [1.165, 1.54) is 6.07 Å². The van der Waals surface area contributed by atoms with Crippen molar-refractivity contribution in [1.29, 1.82) is 0 Å². The molecule has 0 heterocycles. The van der Waals surface area contributed by atoms with Gasteiger partial charge in [-0.2, -0.15) is 0 Å². The topological polar surface area (TPSA) is 29.3 Å². The highest BCUT2D eigenvalue weighted by Crippen LogP contribution is 2.23. The van der Waals surface area contributed by atoms with Crippen molar-refractivity contribution in [3.05, 3.63) is 58.3 Å². The fourth-order valence-electron chi connectivity index (χ4n) is 1.79. The number of benzene rings is 2. The van der Waals surface area contributed by atoms with Crippen LogP contribution in [0.15, 0.2) is 46.9 Å². The molecule has 0 aliphatic heterocycles. The van der Waals surface area contributed by atoms with Crippen LogP contribution in [0, 0.1) is 5.82 Å². The number of anilines is 2. The van der Waals surface area contributed by atoms with Crippen LogP contribution >= 0.6 is 15.9 Å². The highest BCUT2D eigenvalue weighted by atomic mass is 79.9. The van der Waals surface area contributed by atoms with Gasteiger partial charge in [-0.25, -0.2) is 4.39 Å². The zero-order chi connectivity index (χ0) is 13.1. The summed E-state index contributed by atoms with van der Waals surface area (Å²) in [7, 11) is 1.86. The van der Waals surface area contributed by atoms with Gasteiger partial charge in [0.25, 0.3) is 0 Å². The summed E-state index contributed by atoms with van der Waals surface area (Å²) in [5.74, 6) is -0.213. The molecule has 0 bridgehead atoms. The number of para-hydroxylation sites is 1. The SMILES string of the molecule is CN(Cc1ccc(N)c(Br)c1)c1ccccc1F. The van der Waals surface area contributed by atoms with E-state index in [1.807, 2.05) is 36.2 Å². The molecule has 4 heteroatoms. The van der Waals surface area contributed by atoms with Crippen molar-refractivity contribution < 1.29 is 4.39 Å². The summed E-state index contributed by atoms with van der Waals surface area (Å²) < 4.78 is 14.5. The average molecular weight is 309 g/mol. The third-order valence-corrected chi connectivity index (χ3v) is 3.44. The van der Waals surface area contributed by atoms with Crippen molar-refractivity contribution >= 4 is 27.3 Å². The van der Waals surface area contributed by atoms with Crippen LogP contribution in [0.3, 0.4) is 0 Å². The molecule has 18 heavy (non-hydrogen) atoms. The number of nitrogen functional groups attached to an aromatic ring is 1. The van der Waals surface area contributed by atoms with Crippen LogP contribution in [0.1, 0.15) is 5.56 Å². The smallest absolute Gasteiger partial charge is 0.146 e. The van der Waals surface area contributed by atoms with Gasteiger partial charge in [-0.1, -0.05) is 18.2 Å². The molecule has 0 aromatic heterocycles. The van der Waals surface area contributed by atoms with Gasteiger partial charge < -0.3 is 10.6 Å². The zero-order valence-corrected chi connectivity index (χ0v) is 11.6. The lowest BCUT2D eigenvalue weighted by Gasteiger charge is -2.20. The second kappa shape index (κ2) is 5.40. The maximum Gasteiger partial charge on any atom is 0.146 e. The monoisotopic (exact) mass is 308 g/mol. The first-order valence-corrected chi connectivity index (χ1v) is 6.37. The molecule has 0 fully saturated rings. The molecule has 2 aromatic rings. The van der Waals surface area contributed by atoms with Crippen molar-refractivity contribution in [3.63, 3.8) is 0 Å².